The van der Waals surface area contributed by atoms with Gasteiger partial charge in [-0.1, -0.05) is 13.3 Å². The van der Waals surface area contributed by atoms with Crippen LogP contribution in [-0.4, -0.2) is 26.0 Å². The molecule has 0 radical (unpaired) electrons. The van der Waals surface area contributed by atoms with Gasteiger partial charge < -0.3 is 10.3 Å². The number of sulfonamides is 1. The predicted octanol–water partition coefficient (Wildman–Crippen LogP) is 0.955. The highest BCUT2D eigenvalue weighted by Gasteiger charge is 2.25. The Bertz CT molecular complexity index is 463. The maximum absolute atomic E-state index is 12.0. The van der Waals surface area contributed by atoms with Crippen LogP contribution < -0.4 is 10.0 Å². The first-order chi connectivity index (χ1) is 8.12. The third-order valence-electron chi connectivity index (χ3n) is 3.02. The molecule has 0 bridgehead atoms. The molecule has 1 fully saturated rings. The quantitative estimate of drug-likeness (QED) is 0.710. The van der Waals surface area contributed by atoms with Crippen LogP contribution in [0.3, 0.4) is 0 Å². The fourth-order valence-corrected chi connectivity index (χ4v) is 3.07. The van der Waals surface area contributed by atoms with E-state index >= 15 is 0 Å². The Hall–Kier alpha value is -0.850. The van der Waals surface area contributed by atoms with Crippen LogP contribution in [0, 0.1) is 0 Å². The SMILES string of the molecule is CCNCc1cc(S(=O)(=O)NC2CCC2)c[nH]1. The Morgan fingerprint density at radius 3 is 2.82 bits per heavy atom. The summed E-state index contributed by atoms with van der Waals surface area (Å²) in [4.78, 5) is 3.31. The molecule has 0 spiro atoms. The van der Waals surface area contributed by atoms with E-state index in [1.54, 1.807) is 12.3 Å². The van der Waals surface area contributed by atoms with Crippen molar-refractivity contribution < 1.29 is 8.42 Å². The van der Waals surface area contributed by atoms with E-state index in [4.69, 9.17) is 0 Å². The van der Waals surface area contributed by atoms with Gasteiger partial charge in [-0.25, -0.2) is 13.1 Å². The summed E-state index contributed by atoms with van der Waals surface area (Å²) in [5.74, 6) is 0. The predicted molar refractivity (Wildman–Crippen MR) is 66.1 cm³/mol. The molecular formula is C11H19N3O2S. The molecule has 0 unspecified atom stereocenters. The van der Waals surface area contributed by atoms with Gasteiger partial charge in [-0.2, -0.15) is 0 Å². The molecule has 0 amide bonds. The zero-order valence-electron chi connectivity index (χ0n) is 9.99. The van der Waals surface area contributed by atoms with E-state index in [9.17, 15) is 8.42 Å². The lowest BCUT2D eigenvalue weighted by molar-refractivity contribution is 0.383. The molecule has 0 saturated heterocycles. The summed E-state index contributed by atoms with van der Waals surface area (Å²) in [6.45, 7) is 3.54. The standard InChI is InChI=1S/C11H19N3O2S/c1-2-12-7-10-6-11(8-13-10)17(15,16)14-9-4-3-5-9/h6,8-9,12-14H,2-5,7H2,1H3. The largest absolute Gasteiger partial charge is 0.363 e. The van der Waals surface area contributed by atoms with Crippen LogP contribution in [0.5, 0.6) is 0 Å². The van der Waals surface area contributed by atoms with Gasteiger partial charge in [-0.05, 0) is 25.5 Å². The second-order valence-electron chi connectivity index (χ2n) is 4.39. The number of H-pyrrole nitrogens is 1. The van der Waals surface area contributed by atoms with E-state index in [1.165, 1.54) is 0 Å². The molecule has 1 heterocycles. The van der Waals surface area contributed by atoms with E-state index in [1.807, 2.05) is 6.92 Å². The second-order valence-corrected chi connectivity index (χ2v) is 6.10. The van der Waals surface area contributed by atoms with Crippen LogP contribution in [0.2, 0.25) is 0 Å². The maximum Gasteiger partial charge on any atom is 0.242 e. The summed E-state index contributed by atoms with van der Waals surface area (Å²) in [5.41, 5.74) is 0.890. The topological polar surface area (TPSA) is 74.0 Å². The Morgan fingerprint density at radius 2 is 2.24 bits per heavy atom. The molecule has 1 aliphatic carbocycles. The summed E-state index contributed by atoms with van der Waals surface area (Å²) >= 11 is 0. The first-order valence-corrected chi connectivity index (χ1v) is 7.50. The molecule has 3 N–H and O–H groups in total. The molecule has 0 aliphatic heterocycles. The van der Waals surface area contributed by atoms with Gasteiger partial charge in [0.15, 0.2) is 0 Å². The Morgan fingerprint density at radius 1 is 1.47 bits per heavy atom. The van der Waals surface area contributed by atoms with Gasteiger partial charge in [-0.15, -0.1) is 0 Å². The van der Waals surface area contributed by atoms with E-state index in [2.05, 4.69) is 15.0 Å². The molecule has 6 heteroatoms. The molecule has 0 atom stereocenters. The first-order valence-electron chi connectivity index (χ1n) is 6.02. The lowest BCUT2D eigenvalue weighted by Crippen LogP contribution is -2.39. The normalized spacial score (nSPS) is 17.0. The van der Waals surface area contributed by atoms with Gasteiger partial charge in [0.2, 0.25) is 10.0 Å². The van der Waals surface area contributed by atoms with Crippen LogP contribution in [0.4, 0.5) is 0 Å². The summed E-state index contributed by atoms with van der Waals surface area (Å²) < 4.78 is 26.7. The third kappa shape index (κ3) is 3.08. The molecule has 1 aromatic rings. The van der Waals surface area contributed by atoms with Crippen LogP contribution >= 0.6 is 0 Å². The molecule has 2 rings (SSSR count). The van der Waals surface area contributed by atoms with Crippen molar-refractivity contribution in [3.63, 3.8) is 0 Å². The zero-order chi connectivity index (χ0) is 12.3. The summed E-state index contributed by atoms with van der Waals surface area (Å²) in [5, 5.41) is 3.15. The number of rotatable bonds is 6. The van der Waals surface area contributed by atoms with Gasteiger partial charge in [0.25, 0.3) is 0 Å². The van der Waals surface area contributed by atoms with Crippen LogP contribution in [0.25, 0.3) is 0 Å². The fourth-order valence-electron chi connectivity index (χ4n) is 1.75. The molecule has 17 heavy (non-hydrogen) atoms. The number of aromatic amines is 1. The van der Waals surface area contributed by atoms with Gasteiger partial charge in [-0.3, -0.25) is 0 Å². The Kier molecular flexibility index (Phi) is 3.86. The van der Waals surface area contributed by atoms with E-state index in [-0.39, 0.29) is 6.04 Å². The van der Waals surface area contributed by atoms with Crippen LogP contribution in [0.15, 0.2) is 17.2 Å². The molecule has 5 nitrogen and oxygen atoms in total. The van der Waals surface area contributed by atoms with Crippen molar-refractivity contribution in [1.29, 1.82) is 0 Å². The van der Waals surface area contributed by atoms with Gasteiger partial charge >= 0.3 is 0 Å². The average Bonchev–Trinajstić information content (AvgIpc) is 2.70. The van der Waals surface area contributed by atoms with Gasteiger partial charge in [0.1, 0.15) is 0 Å². The molecule has 1 saturated carbocycles. The van der Waals surface area contributed by atoms with Crippen molar-refractivity contribution in [2.45, 2.75) is 43.7 Å². The minimum atomic E-state index is -3.33. The monoisotopic (exact) mass is 257 g/mol. The van der Waals surface area contributed by atoms with Crippen molar-refractivity contribution in [3.05, 3.63) is 18.0 Å². The molecule has 1 aliphatic rings. The highest BCUT2D eigenvalue weighted by molar-refractivity contribution is 7.89. The van der Waals surface area contributed by atoms with Gasteiger partial charge in [0.05, 0.1) is 4.90 Å². The van der Waals surface area contributed by atoms with E-state index in [0.717, 1.165) is 31.5 Å². The lowest BCUT2D eigenvalue weighted by Gasteiger charge is -2.25. The van der Waals surface area contributed by atoms with Crippen molar-refractivity contribution in [3.8, 4) is 0 Å². The Labute approximate surface area is 102 Å². The number of aromatic nitrogens is 1. The zero-order valence-corrected chi connectivity index (χ0v) is 10.8. The molecule has 96 valence electrons. The van der Waals surface area contributed by atoms with Gasteiger partial charge in [0, 0.05) is 24.5 Å². The number of nitrogens with one attached hydrogen (secondary N) is 3. The van der Waals surface area contributed by atoms with Crippen molar-refractivity contribution in [2.75, 3.05) is 6.54 Å². The summed E-state index contributed by atoms with van der Waals surface area (Å²) in [7, 11) is -3.33. The van der Waals surface area contributed by atoms with Crippen molar-refractivity contribution in [1.82, 2.24) is 15.0 Å². The highest BCUT2D eigenvalue weighted by atomic mass is 32.2. The molecular weight excluding hydrogens is 238 g/mol. The lowest BCUT2D eigenvalue weighted by atomic mass is 9.94. The third-order valence-corrected chi connectivity index (χ3v) is 4.52. The summed E-state index contributed by atoms with van der Waals surface area (Å²) in [6.07, 6.45) is 4.57. The minimum absolute atomic E-state index is 0.132. The fraction of sp³-hybridized carbons (Fsp3) is 0.636. The maximum atomic E-state index is 12.0. The number of hydrogen-bond donors (Lipinski definition) is 3. The van der Waals surface area contributed by atoms with E-state index in [0.29, 0.717) is 11.4 Å². The molecule has 0 aromatic carbocycles. The minimum Gasteiger partial charge on any atom is -0.363 e. The van der Waals surface area contributed by atoms with Crippen molar-refractivity contribution in [2.24, 2.45) is 0 Å². The summed E-state index contributed by atoms with van der Waals surface area (Å²) in [6, 6.07) is 1.82. The van der Waals surface area contributed by atoms with E-state index < -0.39 is 10.0 Å². The first kappa shape index (κ1) is 12.6. The number of hydrogen-bond acceptors (Lipinski definition) is 3. The van der Waals surface area contributed by atoms with Crippen LogP contribution in [-0.2, 0) is 16.6 Å². The second kappa shape index (κ2) is 5.20. The van der Waals surface area contributed by atoms with Crippen LogP contribution in [0.1, 0.15) is 31.9 Å². The van der Waals surface area contributed by atoms with Crippen molar-refractivity contribution >= 4 is 10.0 Å². The highest BCUT2D eigenvalue weighted by Crippen LogP contribution is 2.21. The smallest absolute Gasteiger partial charge is 0.242 e. The average molecular weight is 257 g/mol. The Balaban J connectivity index is 2.02. The molecule has 1 aromatic heterocycles.